The van der Waals surface area contributed by atoms with Gasteiger partial charge in [0.25, 0.3) is 5.91 Å². The first-order valence-corrected chi connectivity index (χ1v) is 12.7. The normalized spacial score (nSPS) is 13.3. The van der Waals surface area contributed by atoms with Gasteiger partial charge in [0.15, 0.2) is 5.82 Å². The molecule has 0 aliphatic heterocycles. The number of carbonyl (C=O) groups excluding carboxylic acids is 1. The Kier molecular flexibility index (Phi) is 7.27. The summed E-state index contributed by atoms with van der Waals surface area (Å²) in [7, 11) is 0. The highest BCUT2D eigenvalue weighted by Gasteiger charge is 2.22. The third kappa shape index (κ3) is 6.31. The molecular formula is C30H29N7O. The van der Waals surface area contributed by atoms with Crippen LogP contribution in [0.1, 0.15) is 41.3 Å². The molecule has 0 bridgehead atoms. The van der Waals surface area contributed by atoms with E-state index < -0.39 is 0 Å². The zero-order valence-corrected chi connectivity index (χ0v) is 21.4. The van der Waals surface area contributed by atoms with E-state index in [1.807, 2.05) is 68.4 Å². The first kappa shape index (κ1) is 24.9. The van der Waals surface area contributed by atoms with Crippen molar-refractivity contribution in [2.24, 2.45) is 5.92 Å². The maximum atomic E-state index is 13.0. The van der Waals surface area contributed by atoms with Crippen molar-refractivity contribution in [1.29, 1.82) is 5.26 Å². The molecule has 1 fully saturated rings. The number of nitrogens with one attached hydrogen (secondary N) is 3. The molecule has 2 aromatic carbocycles. The van der Waals surface area contributed by atoms with Crippen LogP contribution in [0.2, 0.25) is 0 Å². The second-order valence-electron chi connectivity index (χ2n) is 9.67. The number of nitriles is 1. The molecule has 1 atom stereocenters. The highest BCUT2D eigenvalue weighted by molar-refractivity contribution is 6.04. The lowest BCUT2D eigenvalue weighted by molar-refractivity contribution is 0.102. The van der Waals surface area contributed by atoms with Crippen LogP contribution in [0.4, 0.5) is 23.0 Å². The van der Waals surface area contributed by atoms with E-state index in [-0.39, 0.29) is 11.8 Å². The number of hydrogen-bond acceptors (Lipinski definition) is 7. The van der Waals surface area contributed by atoms with E-state index in [4.69, 9.17) is 15.2 Å². The number of benzene rings is 2. The Morgan fingerprint density at radius 3 is 2.68 bits per heavy atom. The quantitative estimate of drug-likeness (QED) is 0.252. The van der Waals surface area contributed by atoms with Gasteiger partial charge in [-0.1, -0.05) is 18.2 Å². The topological polar surface area (TPSA) is 116 Å². The fourth-order valence-electron chi connectivity index (χ4n) is 4.06. The molecule has 1 saturated carbocycles. The maximum Gasteiger partial charge on any atom is 0.255 e. The van der Waals surface area contributed by atoms with E-state index in [0.717, 1.165) is 41.0 Å². The minimum Gasteiger partial charge on any atom is -0.367 e. The summed E-state index contributed by atoms with van der Waals surface area (Å²) < 4.78 is 0. The predicted octanol–water partition coefficient (Wildman–Crippen LogP) is 6.12. The highest BCUT2D eigenvalue weighted by atomic mass is 16.1. The number of anilines is 4. The fraction of sp³-hybridized carbons (Fsp3) is 0.233. The molecule has 8 nitrogen and oxygen atoms in total. The lowest BCUT2D eigenvalue weighted by Crippen LogP contribution is -2.13. The number of nitrogens with zero attached hydrogens (tertiary/aromatic N) is 4. The molecule has 1 aliphatic rings. The molecule has 38 heavy (non-hydrogen) atoms. The molecule has 1 aliphatic carbocycles. The van der Waals surface area contributed by atoms with E-state index in [1.54, 1.807) is 18.5 Å². The Balaban J connectivity index is 1.36. The summed E-state index contributed by atoms with van der Waals surface area (Å²) in [5.74, 6) is 1.67. The Morgan fingerprint density at radius 2 is 1.92 bits per heavy atom. The van der Waals surface area contributed by atoms with Gasteiger partial charge in [-0.25, -0.2) is 9.97 Å². The minimum atomic E-state index is -0.205. The number of carbonyl (C=O) groups is 1. The van der Waals surface area contributed by atoms with Crippen molar-refractivity contribution in [2.75, 3.05) is 16.0 Å². The monoisotopic (exact) mass is 503 g/mol. The molecule has 2 aromatic heterocycles. The average molecular weight is 504 g/mol. The van der Waals surface area contributed by atoms with Gasteiger partial charge in [-0.2, -0.15) is 5.26 Å². The van der Waals surface area contributed by atoms with Gasteiger partial charge in [0.1, 0.15) is 11.6 Å². The molecule has 2 heterocycles. The third-order valence-corrected chi connectivity index (χ3v) is 6.28. The van der Waals surface area contributed by atoms with Gasteiger partial charge < -0.3 is 16.0 Å². The van der Waals surface area contributed by atoms with Crippen LogP contribution in [-0.4, -0.2) is 26.9 Å². The van der Waals surface area contributed by atoms with E-state index >= 15 is 0 Å². The van der Waals surface area contributed by atoms with Crippen molar-refractivity contribution in [2.45, 2.75) is 39.2 Å². The number of hydrogen-bond donors (Lipinski definition) is 3. The molecule has 0 spiro atoms. The number of pyridine rings is 1. The van der Waals surface area contributed by atoms with E-state index in [1.165, 1.54) is 0 Å². The molecule has 4 aromatic rings. The van der Waals surface area contributed by atoms with Crippen LogP contribution in [-0.2, 0) is 6.42 Å². The molecule has 0 radical (unpaired) electrons. The number of rotatable bonds is 9. The summed E-state index contributed by atoms with van der Waals surface area (Å²) in [6, 6.07) is 21.5. The van der Waals surface area contributed by atoms with Gasteiger partial charge in [-0.05, 0) is 80.6 Å². The summed E-state index contributed by atoms with van der Waals surface area (Å²) in [6.07, 6.45) is 6.35. The van der Waals surface area contributed by atoms with Crippen molar-refractivity contribution in [3.63, 3.8) is 0 Å². The van der Waals surface area contributed by atoms with Crippen LogP contribution in [0, 0.1) is 24.2 Å². The zero-order valence-electron chi connectivity index (χ0n) is 21.4. The molecule has 0 saturated heterocycles. The number of aromatic nitrogens is 3. The largest absolute Gasteiger partial charge is 0.367 e. The van der Waals surface area contributed by atoms with Crippen LogP contribution >= 0.6 is 0 Å². The second-order valence-corrected chi connectivity index (χ2v) is 9.67. The van der Waals surface area contributed by atoms with Gasteiger partial charge in [-0.3, -0.25) is 9.78 Å². The van der Waals surface area contributed by atoms with E-state index in [0.29, 0.717) is 35.4 Å². The van der Waals surface area contributed by atoms with Gasteiger partial charge >= 0.3 is 0 Å². The Bertz CT molecular complexity index is 1490. The van der Waals surface area contributed by atoms with Crippen molar-refractivity contribution in [3.05, 3.63) is 89.7 Å². The summed E-state index contributed by atoms with van der Waals surface area (Å²) in [4.78, 5) is 26.6. The molecule has 1 unspecified atom stereocenters. The van der Waals surface area contributed by atoms with Crippen LogP contribution in [0.5, 0.6) is 0 Å². The Labute approximate surface area is 222 Å². The molecule has 5 rings (SSSR count). The van der Waals surface area contributed by atoms with Crippen molar-refractivity contribution >= 4 is 28.9 Å². The zero-order chi connectivity index (χ0) is 26.5. The lowest BCUT2D eigenvalue weighted by atomic mass is 10.0. The second kappa shape index (κ2) is 11.1. The van der Waals surface area contributed by atoms with Crippen LogP contribution in [0.3, 0.4) is 0 Å². The van der Waals surface area contributed by atoms with Crippen LogP contribution in [0.25, 0.3) is 11.4 Å². The van der Waals surface area contributed by atoms with E-state index in [2.05, 4.69) is 27.0 Å². The Hall–Kier alpha value is -4.77. The van der Waals surface area contributed by atoms with Gasteiger partial charge in [0.05, 0.1) is 6.07 Å². The summed E-state index contributed by atoms with van der Waals surface area (Å²) >= 11 is 0. The minimum absolute atomic E-state index is 0.112. The Morgan fingerprint density at radius 1 is 1.08 bits per heavy atom. The summed E-state index contributed by atoms with van der Waals surface area (Å²) in [5.41, 5.74) is 4.84. The van der Waals surface area contributed by atoms with Gasteiger partial charge in [0.2, 0.25) is 0 Å². The first-order valence-electron chi connectivity index (χ1n) is 12.7. The standard InChI is InChI=1S/C30H29N7O/c1-19(17-31)13-21-5-3-6-22(14-21)30(38)34-25-9-8-20(2)26(15-25)35-28-16-27(33-24-10-11-24)36-29(37-28)23-7-4-12-32-18-23/h3-9,12,14-16,18-19,24H,10-11,13H2,1-2H3,(H,34,38)(H2,33,35,36,37). The summed E-state index contributed by atoms with van der Waals surface area (Å²) in [5, 5.41) is 19.0. The molecule has 8 heteroatoms. The molecule has 1 amide bonds. The molecule has 190 valence electrons. The SMILES string of the molecule is Cc1ccc(NC(=O)c2cccc(CC(C)C#N)c2)cc1Nc1cc(NC2CC2)nc(-c2cccnc2)n1. The maximum absolute atomic E-state index is 13.0. The number of aryl methyl sites for hydroxylation is 1. The summed E-state index contributed by atoms with van der Waals surface area (Å²) in [6.45, 7) is 3.87. The smallest absolute Gasteiger partial charge is 0.255 e. The third-order valence-electron chi connectivity index (χ3n) is 6.28. The van der Waals surface area contributed by atoms with Gasteiger partial charge in [0, 0.05) is 52.9 Å². The van der Waals surface area contributed by atoms with Crippen LogP contribution < -0.4 is 16.0 Å². The van der Waals surface area contributed by atoms with E-state index in [9.17, 15) is 4.79 Å². The van der Waals surface area contributed by atoms with Crippen LogP contribution in [0.15, 0.2) is 73.1 Å². The van der Waals surface area contributed by atoms with Crippen molar-refractivity contribution < 1.29 is 4.79 Å². The molecular weight excluding hydrogens is 474 g/mol. The van der Waals surface area contributed by atoms with Crippen molar-refractivity contribution in [1.82, 2.24) is 15.0 Å². The highest BCUT2D eigenvalue weighted by Crippen LogP contribution is 2.29. The fourth-order valence-corrected chi connectivity index (χ4v) is 4.06. The number of amides is 1. The van der Waals surface area contributed by atoms with Gasteiger partial charge in [-0.15, -0.1) is 0 Å². The lowest BCUT2D eigenvalue weighted by Gasteiger charge is -2.14. The molecule has 3 N–H and O–H groups in total. The average Bonchev–Trinajstić information content (AvgIpc) is 3.75. The predicted molar refractivity (Wildman–Crippen MR) is 149 cm³/mol. The first-order chi connectivity index (χ1) is 18.5. The van der Waals surface area contributed by atoms with Crippen molar-refractivity contribution in [3.8, 4) is 17.5 Å².